The maximum atomic E-state index is 13.9. The van der Waals surface area contributed by atoms with E-state index in [-0.39, 0.29) is 51.2 Å². The number of H-pyrrole nitrogens is 2. The number of carbonyl (C=O) groups excluding carboxylic acids is 2. The molecule has 15 N–H and O–H groups in total. The second-order valence-electron chi connectivity index (χ2n) is 17.4. The Bertz CT molecular complexity index is 3710. The van der Waals surface area contributed by atoms with Crippen LogP contribution in [0, 0.1) is 0 Å². The van der Waals surface area contributed by atoms with Crippen LogP contribution in [-0.4, -0.2) is 175 Å². The number of nitrogens with one attached hydrogen (secondary N) is 2. The molecule has 16 atom stereocenters. The number of anilines is 3. The van der Waals surface area contributed by atoms with E-state index >= 15 is 0 Å². The number of esters is 2. The van der Waals surface area contributed by atoms with Crippen LogP contribution in [0.1, 0.15) is 32.5 Å². The van der Waals surface area contributed by atoms with Crippen LogP contribution in [0.25, 0.3) is 33.5 Å². The Morgan fingerprint density at radius 1 is 0.662 bits per heavy atom. The van der Waals surface area contributed by atoms with Crippen molar-refractivity contribution in [3.05, 3.63) is 46.0 Å². The lowest BCUT2D eigenvalue weighted by molar-refractivity contribution is -0.745. The molecule has 0 bridgehead atoms. The minimum absolute atomic E-state index is 0.0399. The van der Waals surface area contributed by atoms with Gasteiger partial charge in [0.25, 0.3) is 17.1 Å². The van der Waals surface area contributed by atoms with Gasteiger partial charge in [0.1, 0.15) is 54.6 Å². The summed E-state index contributed by atoms with van der Waals surface area (Å²) in [4.78, 5) is 121. The van der Waals surface area contributed by atoms with Crippen LogP contribution in [0.15, 0.2) is 34.9 Å². The van der Waals surface area contributed by atoms with Crippen molar-refractivity contribution in [2.24, 2.45) is 7.05 Å². The van der Waals surface area contributed by atoms with Crippen LogP contribution in [0.5, 0.6) is 0 Å². The lowest BCUT2D eigenvalue weighted by atomic mass is 10.1. The quantitative estimate of drug-likeness (QED) is 0.0196. The number of phosphoric acid groups is 4. The monoisotopic (exact) mass is 1220 g/mol. The van der Waals surface area contributed by atoms with Gasteiger partial charge in [-0.05, 0) is 0 Å². The highest BCUT2D eigenvalue weighted by molar-refractivity contribution is 7.66. The van der Waals surface area contributed by atoms with Crippen LogP contribution in [0.4, 0.5) is 17.7 Å². The number of aromatic amines is 2. The van der Waals surface area contributed by atoms with Crippen molar-refractivity contribution in [3.8, 4) is 0 Å². The number of nitrogens with zero attached hydrogens (tertiary/aromatic N) is 10. The number of hydrogen-bond acceptors (Lipinski definition) is 31. The molecule has 45 heteroatoms. The molecule has 6 aromatic rings. The second-order valence-corrected chi connectivity index (χ2v) is 23.5. The third-order valence-electron chi connectivity index (χ3n) is 11.9. The molecule has 9 rings (SSSR count). The average molecular weight is 1220 g/mol. The number of imidazole rings is 3. The van der Waals surface area contributed by atoms with Crippen LogP contribution >= 0.6 is 31.3 Å². The molecule has 41 nitrogen and oxygen atoms in total. The normalized spacial score (nSPS) is 29.1. The Kier molecular flexibility index (Phi) is 16.1. The molecule has 3 aliphatic rings. The van der Waals surface area contributed by atoms with E-state index in [1.54, 1.807) is 0 Å². The summed E-state index contributed by atoms with van der Waals surface area (Å²) in [7, 11) is -22.5. The molecule has 9 heterocycles. The number of carbonyl (C=O) groups is 2. The first-order chi connectivity index (χ1) is 37.4. The maximum absolute atomic E-state index is 13.9. The zero-order valence-electron chi connectivity index (χ0n) is 40.7. The standard InChI is InChI=1S/C35H45N15O26P4/c1-11(51)69-23-20(54)14(72-32(23)49-9-42-17-27(49)43-34(37)45-29(17)56)5-66-77(58,59)74-22-15(73-33(24(22)70-12(2)52)48-8-41-16-25(36)39-7-40-26(16)48)6-68-79(62,63)76-80(64,65)75-78(60,61)67-4-13-19(53)21(55)31(71-13)50-10-47(3)18-28(50)44-35(38)46-30(18)57/h7-10,13-15,19-24,31-33,53-55H,4-6H2,1-3H3,(H11-,36,37,38,39,40,43,44,45,46,56,57,58,59,60,61,62,63,64,65)/p+1. The summed E-state index contributed by atoms with van der Waals surface area (Å²) < 4.78 is 114. The van der Waals surface area contributed by atoms with Crippen molar-refractivity contribution >= 4 is 94.4 Å². The Morgan fingerprint density at radius 2 is 1.20 bits per heavy atom. The van der Waals surface area contributed by atoms with E-state index in [4.69, 9.17) is 54.5 Å². The van der Waals surface area contributed by atoms with Crippen molar-refractivity contribution < 1.29 is 118 Å². The highest BCUT2D eigenvalue weighted by atomic mass is 31.3. The van der Waals surface area contributed by atoms with Gasteiger partial charge in [-0.1, -0.05) is 4.98 Å². The maximum Gasteiger partial charge on any atom is 0.490 e. The first-order valence-corrected chi connectivity index (χ1v) is 28.5. The van der Waals surface area contributed by atoms with Gasteiger partial charge in [0.05, 0.1) is 39.5 Å². The van der Waals surface area contributed by atoms with Crippen LogP contribution in [0.3, 0.4) is 0 Å². The van der Waals surface area contributed by atoms with Gasteiger partial charge in [-0.2, -0.15) is 13.6 Å². The second kappa shape index (κ2) is 22.0. The molecule has 0 saturated carbocycles. The highest BCUT2D eigenvalue weighted by Gasteiger charge is 2.55. The van der Waals surface area contributed by atoms with Crippen LogP contribution < -0.4 is 32.9 Å². The molecule has 436 valence electrons. The molecule has 0 radical (unpaired) electrons. The summed E-state index contributed by atoms with van der Waals surface area (Å²) in [6.45, 7) is -1.78. The van der Waals surface area contributed by atoms with Crippen LogP contribution in [-0.2, 0) is 85.3 Å². The molecule has 0 aliphatic carbocycles. The molecule has 0 aromatic carbocycles. The van der Waals surface area contributed by atoms with Gasteiger partial charge >= 0.3 is 48.9 Å². The zero-order valence-corrected chi connectivity index (χ0v) is 44.3. The molecule has 6 aromatic heterocycles. The minimum Gasteiger partial charge on any atom is -0.455 e. The fourth-order valence-corrected chi connectivity index (χ4v) is 13.1. The van der Waals surface area contributed by atoms with Crippen molar-refractivity contribution in [3.63, 3.8) is 0 Å². The van der Waals surface area contributed by atoms with Gasteiger partial charge in [-0.3, -0.25) is 60.9 Å². The van der Waals surface area contributed by atoms with E-state index < -0.39 is 148 Å². The SMILES string of the molecule is CC(=O)OC1C(O)C(COP(=O)(O)OC2C(COP(=O)(O)OP(=O)(O)OP(=O)(O)OCC3OC([n+]4cn(C)c5c(=O)[nH]c(N)nc54)C(O)C3O)OC(n3cnc4c(N)ncnc43)C2OC(C)=O)OC1n1cnc2c(=O)[nH]c(N)nc21. The number of aromatic nitrogens is 12. The van der Waals surface area contributed by atoms with Gasteiger partial charge in [0.15, 0.2) is 53.6 Å². The van der Waals surface area contributed by atoms with Crippen molar-refractivity contribution in [1.82, 2.24) is 53.6 Å². The van der Waals surface area contributed by atoms with Gasteiger partial charge in [0.2, 0.25) is 17.7 Å². The summed E-state index contributed by atoms with van der Waals surface area (Å²) in [6.07, 6.45) is -17.2. The van der Waals surface area contributed by atoms with E-state index in [1.807, 2.05) is 0 Å². The number of aryl methyl sites for hydroxylation is 1. The van der Waals surface area contributed by atoms with Crippen molar-refractivity contribution in [1.29, 1.82) is 0 Å². The summed E-state index contributed by atoms with van der Waals surface area (Å²) in [6, 6.07) is 0. The van der Waals surface area contributed by atoms with E-state index in [0.29, 0.717) is 0 Å². The molecule has 3 aliphatic heterocycles. The predicted octanol–water partition coefficient (Wildman–Crippen LogP) is -4.22. The number of fused-ring (bicyclic) bond motifs is 3. The number of aliphatic hydroxyl groups excluding tert-OH is 3. The topological polar surface area (TPSA) is 585 Å². The number of rotatable bonds is 20. The third-order valence-corrected chi connectivity index (χ3v) is 17.1. The Balaban J connectivity index is 0.896. The van der Waals surface area contributed by atoms with Crippen molar-refractivity contribution in [2.75, 3.05) is 37.0 Å². The Labute approximate surface area is 442 Å². The first kappa shape index (κ1) is 58.5. The number of nitrogens with two attached hydrogens (primary N) is 3. The molecular formula is C35H46N15O26P4+. The van der Waals surface area contributed by atoms with Crippen LogP contribution in [0.2, 0.25) is 0 Å². The van der Waals surface area contributed by atoms with E-state index in [9.17, 15) is 72.3 Å². The van der Waals surface area contributed by atoms with Gasteiger partial charge in [0, 0.05) is 13.8 Å². The fourth-order valence-electron chi connectivity index (χ4n) is 8.66. The Hall–Kier alpha value is -6.13. The van der Waals surface area contributed by atoms with E-state index in [2.05, 4.69) is 53.0 Å². The molecule has 0 amide bonds. The minimum atomic E-state index is -6.28. The van der Waals surface area contributed by atoms with Gasteiger partial charge in [-0.15, -0.1) is 0 Å². The first-order valence-electron chi connectivity index (χ1n) is 22.5. The zero-order chi connectivity index (χ0) is 58.1. The predicted molar refractivity (Wildman–Crippen MR) is 253 cm³/mol. The number of phosphoric ester groups is 3. The molecule has 0 spiro atoms. The highest BCUT2D eigenvalue weighted by Crippen LogP contribution is 2.68. The van der Waals surface area contributed by atoms with Gasteiger partial charge < -0.3 is 75.8 Å². The fraction of sp³-hybridized carbons (Fsp3) is 0.514. The average Bonchev–Trinajstić information content (AvgIpc) is 4.23. The summed E-state index contributed by atoms with van der Waals surface area (Å²) in [5.41, 5.74) is 15.1. The van der Waals surface area contributed by atoms with E-state index in [1.165, 1.54) is 17.9 Å². The van der Waals surface area contributed by atoms with E-state index in [0.717, 1.165) is 46.5 Å². The lowest BCUT2D eigenvalue weighted by Gasteiger charge is -2.26. The van der Waals surface area contributed by atoms with Crippen molar-refractivity contribution in [2.45, 2.75) is 87.5 Å². The summed E-state index contributed by atoms with van der Waals surface area (Å²) in [5, 5.41) is 32.8. The summed E-state index contributed by atoms with van der Waals surface area (Å²) in [5.74, 6) is -2.87. The molecule has 3 fully saturated rings. The molecule has 16 unspecified atom stereocenters. The third kappa shape index (κ3) is 12.1. The molecule has 80 heavy (non-hydrogen) atoms. The number of hydrogen-bond donors (Lipinski definition) is 12. The number of nitrogen functional groups attached to an aromatic ring is 3. The lowest BCUT2D eigenvalue weighted by Crippen LogP contribution is -2.46. The number of aliphatic hydroxyl groups is 3. The smallest absolute Gasteiger partial charge is 0.455 e. The molecule has 3 saturated heterocycles. The largest absolute Gasteiger partial charge is 0.490 e. The van der Waals surface area contributed by atoms with Gasteiger partial charge in [-0.25, -0.2) is 42.8 Å². The Morgan fingerprint density at radius 3 is 1.85 bits per heavy atom. The summed E-state index contributed by atoms with van der Waals surface area (Å²) >= 11 is 0. The number of ether oxygens (including phenoxy) is 5. The molecular weight excluding hydrogens is 1170 g/mol.